The molecule has 112 valence electrons. The quantitative estimate of drug-likeness (QED) is 0.799. The number of carbonyl (C=O) groups excluding carboxylic acids is 1. The van der Waals surface area contributed by atoms with Crippen molar-refractivity contribution in [2.75, 3.05) is 7.11 Å². The number of rotatable bonds is 2. The molecule has 2 N–H and O–H groups in total. The molecule has 1 heterocycles. The van der Waals surface area contributed by atoms with E-state index in [-0.39, 0.29) is 28.8 Å². The second kappa shape index (κ2) is 5.38. The first-order chi connectivity index (χ1) is 10.5. The van der Waals surface area contributed by atoms with Crippen LogP contribution >= 0.6 is 15.9 Å². The van der Waals surface area contributed by atoms with E-state index in [1.807, 2.05) is 0 Å². The molecule has 0 bridgehead atoms. The molecular formula is C16H11BrO5. The second-order valence-electron chi connectivity index (χ2n) is 4.67. The van der Waals surface area contributed by atoms with Gasteiger partial charge in [-0.15, -0.1) is 0 Å². The summed E-state index contributed by atoms with van der Waals surface area (Å²) in [6.45, 7) is 0. The van der Waals surface area contributed by atoms with Gasteiger partial charge in [-0.3, -0.25) is 4.79 Å². The third kappa shape index (κ3) is 2.42. The maximum Gasteiger partial charge on any atom is 0.231 e. The fourth-order valence-electron chi connectivity index (χ4n) is 2.15. The van der Waals surface area contributed by atoms with E-state index in [0.717, 1.165) is 0 Å². The zero-order valence-electron chi connectivity index (χ0n) is 11.5. The molecule has 0 saturated heterocycles. The van der Waals surface area contributed by atoms with Crippen LogP contribution in [0.1, 0.15) is 15.9 Å². The zero-order valence-corrected chi connectivity index (χ0v) is 13.0. The summed E-state index contributed by atoms with van der Waals surface area (Å²) in [4.78, 5) is 12.3. The van der Waals surface area contributed by atoms with Gasteiger partial charge < -0.3 is 19.7 Å². The van der Waals surface area contributed by atoms with E-state index in [1.54, 1.807) is 12.1 Å². The van der Waals surface area contributed by atoms with Crippen LogP contribution in [0.5, 0.6) is 23.0 Å². The lowest BCUT2D eigenvalue weighted by Crippen LogP contribution is -1.98. The minimum absolute atomic E-state index is 0.0107. The van der Waals surface area contributed by atoms with E-state index >= 15 is 0 Å². The molecular weight excluding hydrogens is 352 g/mol. The van der Waals surface area contributed by atoms with E-state index in [9.17, 15) is 15.0 Å². The van der Waals surface area contributed by atoms with Gasteiger partial charge in [0.2, 0.25) is 5.78 Å². The number of ketones is 1. The van der Waals surface area contributed by atoms with E-state index in [4.69, 9.17) is 9.47 Å². The maximum absolute atomic E-state index is 12.3. The van der Waals surface area contributed by atoms with Crippen molar-refractivity contribution < 1.29 is 24.5 Å². The molecule has 0 atom stereocenters. The highest BCUT2D eigenvalue weighted by Gasteiger charge is 2.27. The number of carbonyl (C=O) groups is 1. The van der Waals surface area contributed by atoms with Crippen LogP contribution in [0.25, 0.3) is 6.08 Å². The zero-order chi connectivity index (χ0) is 15.9. The Labute approximate surface area is 134 Å². The Bertz CT molecular complexity index is 810. The predicted octanol–water partition coefficient (Wildman–Crippen LogP) is 3.49. The van der Waals surface area contributed by atoms with Gasteiger partial charge in [0.15, 0.2) is 17.3 Å². The number of benzene rings is 2. The van der Waals surface area contributed by atoms with Crippen molar-refractivity contribution in [1.82, 2.24) is 0 Å². The molecule has 0 aromatic heterocycles. The fourth-order valence-corrected chi connectivity index (χ4v) is 2.60. The molecule has 0 aliphatic carbocycles. The normalized spacial score (nSPS) is 14.8. The van der Waals surface area contributed by atoms with E-state index in [0.29, 0.717) is 21.3 Å². The first-order valence-corrected chi connectivity index (χ1v) is 7.12. The van der Waals surface area contributed by atoms with Crippen LogP contribution in [-0.4, -0.2) is 23.1 Å². The van der Waals surface area contributed by atoms with Crippen LogP contribution < -0.4 is 9.47 Å². The third-order valence-electron chi connectivity index (χ3n) is 3.24. The smallest absolute Gasteiger partial charge is 0.231 e. The van der Waals surface area contributed by atoms with Crippen molar-refractivity contribution in [2.45, 2.75) is 0 Å². The summed E-state index contributed by atoms with van der Waals surface area (Å²) in [5.41, 5.74) is 1.01. The minimum Gasteiger partial charge on any atom is -0.508 e. The van der Waals surface area contributed by atoms with E-state index in [2.05, 4.69) is 15.9 Å². The van der Waals surface area contributed by atoms with Gasteiger partial charge in [-0.25, -0.2) is 0 Å². The average Bonchev–Trinajstić information content (AvgIpc) is 2.77. The standard InChI is InChI=1S/C16H11BrO5/c1-21-14-4-8(11(17)7-12(14)19)5-15-16(20)10-3-2-9(18)6-13(10)22-15/h2-7,18-19H,1H3/b15-5-. The first-order valence-electron chi connectivity index (χ1n) is 6.33. The number of fused-ring (bicyclic) bond motifs is 1. The molecule has 5 nitrogen and oxygen atoms in total. The Balaban J connectivity index is 2.03. The summed E-state index contributed by atoms with van der Waals surface area (Å²) in [6, 6.07) is 7.40. The second-order valence-corrected chi connectivity index (χ2v) is 5.52. The number of ether oxygens (including phenoxy) is 2. The van der Waals surface area contributed by atoms with Crippen molar-refractivity contribution in [3.8, 4) is 23.0 Å². The maximum atomic E-state index is 12.3. The summed E-state index contributed by atoms with van der Waals surface area (Å²) in [6.07, 6.45) is 1.55. The lowest BCUT2D eigenvalue weighted by atomic mass is 10.1. The first kappa shape index (κ1) is 14.5. The van der Waals surface area contributed by atoms with Gasteiger partial charge in [-0.1, -0.05) is 15.9 Å². The number of aromatic hydroxyl groups is 2. The number of allylic oxidation sites excluding steroid dienone is 1. The summed E-state index contributed by atoms with van der Waals surface area (Å²) < 4.78 is 11.1. The van der Waals surface area contributed by atoms with Crippen LogP contribution in [0, 0.1) is 0 Å². The molecule has 0 spiro atoms. The Morgan fingerprint density at radius 2 is 2.00 bits per heavy atom. The number of hydrogen-bond acceptors (Lipinski definition) is 5. The topological polar surface area (TPSA) is 76.0 Å². The van der Waals surface area contributed by atoms with Crippen molar-refractivity contribution in [3.05, 3.63) is 51.7 Å². The van der Waals surface area contributed by atoms with Gasteiger partial charge in [0.1, 0.15) is 11.5 Å². The SMILES string of the molecule is COc1cc(/C=C2\Oc3cc(O)ccc3C2=O)c(Br)cc1O. The van der Waals surface area contributed by atoms with Gasteiger partial charge in [0, 0.05) is 10.5 Å². The molecule has 2 aromatic carbocycles. The van der Waals surface area contributed by atoms with Crippen molar-refractivity contribution in [3.63, 3.8) is 0 Å². The number of methoxy groups -OCH3 is 1. The molecule has 2 aromatic rings. The Morgan fingerprint density at radius 1 is 1.23 bits per heavy atom. The summed E-state index contributed by atoms with van der Waals surface area (Å²) >= 11 is 3.32. The predicted molar refractivity (Wildman–Crippen MR) is 83.4 cm³/mol. The molecule has 1 aliphatic rings. The van der Waals surface area contributed by atoms with Crippen molar-refractivity contribution in [1.29, 1.82) is 0 Å². The monoisotopic (exact) mass is 362 g/mol. The molecule has 3 rings (SSSR count). The van der Waals surface area contributed by atoms with E-state index in [1.165, 1.54) is 31.4 Å². The Morgan fingerprint density at radius 3 is 2.73 bits per heavy atom. The molecule has 1 aliphatic heterocycles. The molecule has 6 heteroatoms. The molecule has 0 saturated carbocycles. The van der Waals surface area contributed by atoms with Gasteiger partial charge in [-0.05, 0) is 35.9 Å². The van der Waals surface area contributed by atoms with Gasteiger partial charge in [-0.2, -0.15) is 0 Å². The fraction of sp³-hybridized carbons (Fsp3) is 0.0625. The highest BCUT2D eigenvalue weighted by atomic mass is 79.9. The molecule has 0 amide bonds. The number of Topliss-reactive ketones (excluding diaryl/α,β-unsaturated/α-hetero) is 1. The van der Waals surface area contributed by atoms with Crippen molar-refractivity contribution >= 4 is 27.8 Å². The van der Waals surface area contributed by atoms with Crippen LogP contribution in [-0.2, 0) is 0 Å². The third-order valence-corrected chi connectivity index (χ3v) is 3.93. The Hall–Kier alpha value is -2.47. The van der Waals surface area contributed by atoms with E-state index < -0.39 is 0 Å². The van der Waals surface area contributed by atoms with Crippen LogP contribution in [0.4, 0.5) is 0 Å². The van der Waals surface area contributed by atoms with Gasteiger partial charge in [0.05, 0.1) is 12.7 Å². The highest BCUT2D eigenvalue weighted by Crippen LogP contribution is 2.37. The lowest BCUT2D eigenvalue weighted by molar-refractivity contribution is 0.101. The van der Waals surface area contributed by atoms with Crippen LogP contribution in [0.3, 0.4) is 0 Å². The number of hydrogen-bond donors (Lipinski definition) is 2. The molecule has 0 unspecified atom stereocenters. The summed E-state index contributed by atoms with van der Waals surface area (Å²) in [5.74, 6) is 0.487. The van der Waals surface area contributed by atoms with Crippen molar-refractivity contribution in [2.24, 2.45) is 0 Å². The summed E-state index contributed by atoms with van der Waals surface area (Å²) in [5, 5.41) is 19.1. The average molecular weight is 363 g/mol. The molecule has 0 fully saturated rings. The van der Waals surface area contributed by atoms with Crippen LogP contribution in [0.2, 0.25) is 0 Å². The van der Waals surface area contributed by atoms with Crippen LogP contribution in [0.15, 0.2) is 40.6 Å². The Kier molecular flexibility index (Phi) is 3.54. The number of halogens is 1. The lowest BCUT2D eigenvalue weighted by Gasteiger charge is -2.07. The highest BCUT2D eigenvalue weighted by molar-refractivity contribution is 9.10. The van der Waals surface area contributed by atoms with Gasteiger partial charge >= 0.3 is 0 Å². The largest absolute Gasteiger partial charge is 0.508 e. The number of phenols is 2. The molecule has 0 radical (unpaired) electrons. The van der Waals surface area contributed by atoms with Gasteiger partial charge in [0.25, 0.3) is 0 Å². The molecule has 22 heavy (non-hydrogen) atoms. The summed E-state index contributed by atoms with van der Waals surface area (Å²) in [7, 11) is 1.44. The minimum atomic E-state index is -0.269. The number of phenolic OH excluding ortho intramolecular Hbond substituents is 2.